The average Bonchev–Trinajstić information content (AvgIpc) is 3.13. The van der Waals surface area contributed by atoms with E-state index in [2.05, 4.69) is 25.9 Å². The number of nitrogens with one attached hydrogen (secondary N) is 3. The van der Waals surface area contributed by atoms with Gasteiger partial charge >= 0.3 is 18.0 Å². The lowest BCUT2D eigenvalue weighted by Gasteiger charge is -2.30. The lowest BCUT2D eigenvalue weighted by atomic mass is 9.92. The fraction of sp³-hybridized carbons (Fsp3) is 0.316. The molecule has 0 spiro atoms. The van der Waals surface area contributed by atoms with Crippen LogP contribution in [0.25, 0.3) is 0 Å². The van der Waals surface area contributed by atoms with Gasteiger partial charge < -0.3 is 25.6 Å². The summed E-state index contributed by atoms with van der Waals surface area (Å²) >= 11 is 0. The number of aromatic nitrogens is 2. The number of amides is 4. The van der Waals surface area contributed by atoms with E-state index in [4.69, 9.17) is 4.74 Å². The largest absolute Gasteiger partial charge is 0.445 e. The highest BCUT2D eigenvalue weighted by Gasteiger charge is 2.46. The molecule has 2 aromatic carbocycles. The molecule has 0 aliphatic heterocycles. The Bertz CT molecular complexity index is 1720. The molecule has 4 rings (SSSR count). The van der Waals surface area contributed by atoms with Crippen LogP contribution in [0.2, 0.25) is 0 Å². The number of alkyl halides is 2. The third-order valence-corrected chi connectivity index (χ3v) is 8.02. The Balaban J connectivity index is 1.52. The highest BCUT2D eigenvalue weighted by Crippen LogP contribution is 2.31. The minimum atomic E-state index is -4.02. The molecule has 0 aliphatic carbocycles. The molecule has 268 valence electrons. The van der Waals surface area contributed by atoms with Gasteiger partial charge in [0.2, 0.25) is 11.7 Å². The van der Waals surface area contributed by atoms with Crippen LogP contribution in [0.4, 0.5) is 18.4 Å². The van der Waals surface area contributed by atoms with Crippen LogP contribution in [0.1, 0.15) is 48.7 Å². The number of carbonyl (C=O) groups is 4. The predicted octanol–water partition coefficient (Wildman–Crippen LogP) is 5.63. The lowest BCUT2D eigenvalue weighted by Crippen LogP contribution is -2.57. The molecule has 11 nitrogen and oxygen atoms in total. The molecule has 3 N–H and O–H groups in total. The Morgan fingerprint density at radius 2 is 1.49 bits per heavy atom. The Labute approximate surface area is 295 Å². The van der Waals surface area contributed by atoms with E-state index in [0.29, 0.717) is 22.4 Å². The quantitative estimate of drug-likeness (QED) is 0.138. The van der Waals surface area contributed by atoms with Crippen LogP contribution in [0, 0.1) is 5.92 Å². The molecule has 0 radical (unpaired) electrons. The van der Waals surface area contributed by atoms with Gasteiger partial charge in [-0.25, -0.2) is 9.59 Å². The topological polar surface area (TPSA) is 143 Å². The smallest absolute Gasteiger partial charge is 0.407 e. The zero-order valence-electron chi connectivity index (χ0n) is 28.7. The number of ether oxygens (including phenoxy) is 1. The van der Waals surface area contributed by atoms with E-state index in [-0.39, 0.29) is 19.6 Å². The van der Waals surface area contributed by atoms with Crippen molar-refractivity contribution in [1.82, 2.24) is 30.8 Å². The third-order valence-electron chi connectivity index (χ3n) is 8.02. The number of nitrogens with zero attached hydrogens (tertiary/aromatic N) is 3. The van der Waals surface area contributed by atoms with Crippen LogP contribution < -0.4 is 16.0 Å². The Morgan fingerprint density at radius 1 is 0.824 bits per heavy atom. The molecule has 51 heavy (non-hydrogen) atoms. The maximum absolute atomic E-state index is 16.2. The van der Waals surface area contributed by atoms with E-state index >= 15 is 8.78 Å². The number of carbonyl (C=O) groups excluding carboxylic acids is 4. The molecule has 0 bridgehead atoms. The number of benzene rings is 2. The van der Waals surface area contributed by atoms with Gasteiger partial charge in [-0.15, -0.1) is 0 Å². The van der Waals surface area contributed by atoms with Crippen LogP contribution >= 0.6 is 0 Å². The van der Waals surface area contributed by atoms with Crippen molar-refractivity contribution in [3.8, 4) is 0 Å². The maximum Gasteiger partial charge on any atom is 0.407 e. The molecule has 2 aromatic heterocycles. The van der Waals surface area contributed by atoms with Gasteiger partial charge in [-0.05, 0) is 41.7 Å². The Morgan fingerprint density at radius 3 is 2.12 bits per heavy atom. The first-order valence-corrected chi connectivity index (χ1v) is 16.5. The van der Waals surface area contributed by atoms with E-state index in [9.17, 15) is 19.2 Å². The van der Waals surface area contributed by atoms with Crippen molar-refractivity contribution < 1.29 is 32.7 Å². The molecule has 4 aromatic rings. The number of Topliss-reactive ketones (excluding diaryl/α,β-unsaturated/α-hetero) is 1. The van der Waals surface area contributed by atoms with E-state index in [0.717, 1.165) is 0 Å². The normalized spacial score (nSPS) is 13.0. The lowest BCUT2D eigenvalue weighted by molar-refractivity contribution is -0.148. The summed E-state index contributed by atoms with van der Waals surface area (Å²) in [5.41, 5.74) is 2.08. The molecule has 3 atom stereocenters. The number of rotatable bonds is 16. The zero-order valence-corrected chi connectivity index (χ0v) is 28.7. The third kappa shape index (κ3) is 11.7. The highest BCUT2D eigenvalue weighted by molar-refractivity contribution is 5.96. The molecule has 4 amide bonds. The number of halogens is 2. The van der Waals surface area contributed by atoms with Gasteiger partial charge in [0.25, 0.3) is 0 Å². The summed E-state index contributed by atoms with van der Waals surface area (Å²) in [4.78, 5) is 62.8. The van der Waals surface area contributed by atoms with Crippen LogP contribution in [0.3, 0.4) is 0 Å². The van der Waals surface area contributed by atoms with Crippen molar-refractivity contribution in [3.05, 3.63) is 132 Å². The highest BCUT2D eigenvalue weighted by atomic mass is 19.3. The summed E-state index contributed by atoms with van der Waals surface area (Å²) in [6, 6.07) is 20.4. The Kier molecular flexibility index (Phi) is 13.7. The van der Waals surface area contributed by atoms with Gasteiger partial charge in [0, 0.05) is 37.6 Å². The molecule has 2 heterocycles. The van der Waals surface area contributed by atoms with E-state index in [1.54, 1.807) is 117 Å². The molecular formula is C38H42F2N6O5. The number of hydrogen-bond acceptors (Lipinski definition) is 7. The molecule has 0 aliphatic rings. The standard InChI is InChI=1S/C38H42F2N6O5/c1-26(2)33(45-36(49)46(3)24-30-18-10-11-20-42-30)35(48)43-31(21-27-13-6-4-7-14-27)34(47)38(39,40)22-32(29-16-8-5-9-17-29)44-37(50)51-25-28-15-12-19-41-23-28/h4-20,23,26,31-33H,21-22,24-25H2,1-3H3,(H,43,48)(H,44,50)(H,45,49)/t31-,32?,33-/m0/s1. The van der Waals surface area contributed by atoms with Gasteiger partial charge in [-0.2, -0.15) is 8.78 Å². The molecule has 0 saturated heterocycles. The van der Waals surface area contributed by atoms with Crippen molar-refractivity contribution in [2.24, 2.45) is 5.92 Å². The minimum Gasteiger partial charge on any atom is -0.445 e. The number of ketones is 1. The first kappa shape index (κ1) is 38.1. The first-order chi connectivity index (χ1) is 24.4. The molecular weight excluding hydrogens is 658 g/mol. The van der Waals surface area contributed by atoms with E-state index in [1.165, 1.54) is 18.1 Å². The van der Waals surface area contributed by atoms with Gasteiger partial charge in [-0.3, -0.25) is 19.6 Å². The van der Waals surface area contributed by atoms with Crippen LogP contribution in [0.5, 0.6) is 0 Å². The second-order valence-corrected chi connectivity index (χ2v) is 12.4. The summed E-state index contributed by atoms with van der Waals surface area (Å²) in [6.07, 6.45) is 2.35. The van der Waals surface area contributed by atoms with Gasteiger partial charge in [0.05, 0.1) is 24.3 Å². The minimum absolute atomic E-state index is 0.145. The summed E-state index contributed by atoms with van der Waals surface area (Å²) in [7, 11) is 1.54. The molecule has 0 fully saturated rings. The number of urea groups is 1. The van der Waals surface area contributed by atoms with Crippen molar-refractivity contribution in [2.75, 3.05) is 7.05 Å². The van der Waals surface area contributed by atoms with Crippen LogP contribution in [0.15, 0.2) is 110 Å². The van der Waals surface area contributed by atoms with Crippen LogP contribution in [-0.2, 0) is 33.9 Å². The van der Waals surface area contributed by atoms with Gasteiger partial charge in [-0.1, -0.05) is 86.6 Å². The number of alkyl carbamates (subject to hydrolysis) is 1. The van der Waals surface area contributed by atoms with Crippen molar-refractivity contribution >= 4 is 23.8 Å². The van der Waals surface area contributed by atoms with Crippen molar-refractivity contribution in [3.63, 3.8) is 0 Å². The van der Waals surface area contributed by atoms with Gasteiger partial charge in [0.15, 0.2) is 0 Å². The number of hydrogen-bond donors (Lipinski definition) is 3. The van der Waals surface area contributed by atoms with E-state index in [1.807, 2.05) is 0 Å². The first-order valence-electron chi connectivity index (χ1n) is 16.5. The summed E-state index contributed by atoms with van der Waals surface area (Å²) in [5.74, 6) is -6.84. The summed E-state index contributed by atoms with van der Waals surface area (Å²) in [6.45, 7) is 3.40. The van der Waals surface area contributed by atoms with Crippen molar-refractivity contribution in [2.45, 2.75) is 63.9 Å². The molecule has 0 saturated carbocycles. The Hall–Kier alpha value is -5.72. The zero-order chi connectivity index (χ0) is 36.8. The monoisotopic (exact) mass is 700 g/mol. The molecule has 13 heteroatoms. The second-order valence-electron chi connectivity index (χ2n) is 12.4. The van der Waals surface area contributed by atoms with E-state index < -0.39 is 60.2 Å². The maximum atomic E-state index is 16.2. The number of pyridine rings is 2. The SMILES string of the molecule is CC(C)[C@H](NC(=O)N(C)Cc1ccccn1)C(=O)N[C@@H](Cc1ccccc1)C(=O)C(F)(F)CC(NC(=O)OCc1cccnc1)c1ccccc1. The second kappa shape index (κ2) is 18.3. The summed E-state index contributed by atoms with van der Waals surface area (Å²) in [5, 5.41) is 7.64. The van der Waals surface area contributed by atoms with Crippen molar-refractivity contribution in [1.29, 1.82) is 0 Å². The van der Waals surface area contributed by atoms with Gasteiger partial charge in [0.1, 0.15) is 12.6 Å². The molecule has 1 unspecified atom stereocenters. The van der Waals surface area contributed by atoms with Crippen LogP contribution in [-0.4, -0.2) is 63.7 Å². The summed E-state index contributed by atoms with van der Waals surface area (Å²) < 4.78 is 37.6. The fourth-order valence-corrected chi connectivity index (χ4v) is 5.27. The predicted molar refractivity (Wildman–Crippen MR) is 186 cm³/mol. The fourth-order valence-electron chi connectivity index (χ4n) is 5.27. The average molecular weight is 701 g/mol.